The second kappa shape index (κ2) is 12.7. The highest BCUT2D eigenvalue weighted by Crippen LogP contribution is 2.41. The summed E-state index contributed by atoms with van der Waals surface area (Å²) in [5.74, 6) is 0.385. The molecule has 2 amide bonds. The molecule has 2 aliphatic heterocycles. The van der Waals surface area contributed by atoms with Crippen LogP contribution < -0.4 is 15.5 Å². The number of hydrogen-bond acceptors (Lipinski definition) is 8. The van der Waals surface area contributed by atoms with Crippen molar-refractivity contribution in [1.29, 1.82) is 0 Å². The highest BCUT2D eigenvalue weighted by Gasteiger charge is 2.44. The number of aromatic nitrogens is 4. The number of carbonyl (C=O) groups is 2. The van der Waals surface area contributed by atoms with E-state index in [1.165, 1.54) is 0 Å². The van der Waals surface area contributed by atoms with Crippen LogP contribution >= 0.6 is 11.3 Å². The molecule has 0 aliphatic carbocycles. The minimum atomic E-state index is -0.824. The van der Waals surface area contributed by atoms with Crippen molar-refractivity contribution in [3.8, 4) is 22.6 Å². The molecule has 1 atom stereocenters. The molecule has 246 valence electrons. The Labute approximate surface area is 286 Å². The van der Waals surface area contributed by atoms with E-state index < -0.39 is 6.09 Å². The maximum absolute atomic E-state index is 12.7. The molecule has 6 heterocycles. The van der Waals surface area contributed by atoms with Crippen LogP contribution in [0, 0.1) is 5.41 Å². The first-order valence-electron chi connectivity index (χ1n) is 16.2. The summed E-state index contributed by atoms with van der Waals surface area (Å²) in [4.78, 5) is 43.5. The normalized spacial score (nSPS) is 17.2. The van der Waals surface area contributed by atoms with Crippen LogP contribution in [0.2, 0.25) is 0 Å². The zero-order valence-corrected chi connectivity index (χ0v) is 27.4. The molecular formula is C37H34N8O3S. The monoisotopic (exact) mass is 670 g/mol. The third-order valence-corrected chi connectivity index (χ3v) is 10.3. The van der Waals surface area contributed by atoms with Gasteiger partial charge < -0.3 is 25.5 Å². The molecule has 2 saturated heterocycles. The first-order valence-corrected chi connectivity index (χ1v) is 17.1. The van der Waals surface area contributed by atoms with Gasteiger partial charge in [0.15, 0.2) is 0 Å². The van der Waals surface area contributed by atoms with Crippen LogP contribution in [-0.4, -0.2) is 67.5 Å². The number of pyridine rings is 1. The second-order valence-electron chi connectivity index (χ2n) is 12.7. The van der Waals surface area contributed by atoms with Gasteiger partial charge in [-0.2, -0.15) is 0 Å². The van der Waals surface area contributed by atoms with Crippen molar-refractivity contribution >= 4 is 52.0 Å². The summed E-state index contributed by atoms with van der Waals surface area (Å²) in [7, 11) is 0. The first kappa shape index (κ1) is 30.6. The van der Waals surface area contributed by atoms with E-state index in [0.29, 0.717) is 36.8 Å². The van der Waals surface area contributed by atoms with E-state index in [0.717, 1.165) is 64.8 Å². The first-order chi connectivity index (χ1) is 23.9. The van der Waals surface area contributed by atoms with Gasteiger partial charge in [-0.25, -0.2) is 19.7 Å². The summed E-state index contributed by atoms with van der Waals surface area (Å²) in [6.45, 7) is 3.00. The molecule has 1 unspecified atom stereocenters. The Hall–Kier alpha value is -5.75. The van der Waals surface area contributed by atoms with Crippen LogP contribution in [-0.2, 0) is 11.2 Å². The maximum atomic E-state index is 12.7. The van der Waals surface area contributed by atoms with Crippen molar-refractivity contribution in [3.05, 3.63) is 108 Å². The van der Waals surface area contributed by atoms with Gasteiger partial charge in [-0.3, -0.25) is 9.20 Å². The lowest BCUT2D eigenvalue weighted by Crippen LogP contribution is -2.33. The van der Waals surface area contributed by atoms with Crippen LogP contribution in [0.25, 0.3) is 28.3 Å². The fourth-order valence-corrected chi connectivity index (χ4v) is 7.69. The molecule has 8 rings (SSSR count). The Balaban J connectivity index is 1.02. The summed E-state index contributed by atoms with van der Waals surface area (Å²) in [5, 5.41) is 17.8. The topological polar surface area (TPSA) is 128 Å². The highest BCUT2D eigenvalue weighted by molar-refractivity contribution is 7.10. The second-order valence-corrected chi connectivity index (χ2v) is 13.7. The average molecular weight is 671 g/mol. The smallest absolute Gasteiger partial charge is 0.407 e. The number of fused-ring (bicyclic) bond motifs is 1. The van der Waals surface area contributed by atoms with Gasteiger partial charge in [-0.15, -0.1) is 11.3 Å². The van der Waals surface area contributed by atoms with Crippen LogP contribution in [0.3, 0.4) is 0 Å². The predicted octanol–water partition coefficient (Wildman–Crippen LogP) is 7.02. The molecule has 0 radical (unpaired) electrons. The standard InChI is InChI=1S/C37H34N8O3S/c46-32(22-29-7-4-20-49-29)39-27-6-3-5-25(21-27)33-34(45-17-2-1-8-31(45)42-33)30-13-16-38-35(41-30)40-26-9-11-28(12-10-26)43-18-14-37(23-43)15-19-44(24-37)36(47)48/h1-13,16-17,20-21H,14-15,18-19,22-24H2,(H,39,46)(H,47,48)(H,38,40,41). The summed E-state index contributed by atoms with van der Waals surface area (Å²) >= 11 is 1.57. The number of anilines is 4. The zero-order chi connectivity index (χ0) is 33.4. The molecule has 2 aromatic carbocycles. The van der Waals surface area contributed by atoms with Gasteiger partial charge in [0, 0.05) is 71.5 Å². The Morgan fingerprint density at radius 3 is 2.59 bits per heavy atom. The number of amides is 2. The third kappa shape index (κ3) is 6.30. The number of carboxylic acid groups (broad SMARTS) is 1. The summed E-state index contributed by atoms with van der Waals surface area (Å²) < 4.78 is 2.02. The van der Waals surface area contributed by atoms with Gasteiger partial charge in [0.2, 0.25) is 11.9 Å². The van der Waals surface area contributed by atoms with E-state index >= 15 is 0 Å². The molecule has 0 saturated carbocycles. The molecular weight excluding hydrogens is 637 g/mol. The quantitative estimate of drug-likeness (QED) is 0.158. The molecule has 4 aromatic heterocycles. The number of likely N-dealkylation sites (tertiary alicyclic amines) is 1. The largest absolute Gasteiger partial charge is 0.465 e. The van der Waals surface area contributed by atoms with Crippen molar-refractivity contribution in [2.75, 3.05) is 41.7 Å². The molecule has 6 aromatic rings. The van der Waals surface area contributed by atoms with Crippen molar-refractivity contribution in [1.82, 2.24) is 24.3 Å². The van der Waals surface area contributed by atoms with Crippen molar-refractivity contribution in [3.63, 3.8) is 0 Å². The summed E-state index contributed by atoms with van der Waals surface area (Å²) in [6.07, 6.45) is 5.11. The maximum Gasteiger partial charge on any atom is 0.407 e. The minimum Gasteiger partial charge on any atom is -0.465 e. The Kier molecular flexibility index (Phi) is 7.92. The zero-order valence-electron chi connectivity index (χ0n) is 26.6. The number of hydrogen-bond donors (Lipinski definition) is 3. The Morgan fingerprint density at radius 1 is 0.898 bits per heavy atom. The molecule has 2 aliphatic rings. The van der Waals surface area contributed by atoms with Gasteiger partial charge in [0.05, 0.1) is 23.5 Å². The molecule has 1 spiro atoms. The van der Waals surface area contributed by atoms with Gasteiger partial charge in [-0.05, 0) is 78.9 Å². The number of imidazole rings is 1. The molecule has 2 fully saturated rings. The van der Waals surface area contributed by atoms with Crippen LogP contribution in [0.4, 0.5) is 27.8 Å². The lowest BCUT2D eigenvalue weighted by Gasteiger charge is -2.25. The molecule has 11 nitrogen and oxygen atoms in total. The number of benzene rings is 2. The van der Waals surface area contributed by atoms with E-state index in [9.17, 15) is 14.7 Å². The number of nitrogens with one attached hydrogen (secondary N) is 2. The van der Waals surface area contributed by atoms with E-state index in [1.807, 2.05) is 88.8 Å². The molecule has 0 bridgehead atoms. The van der Waals surface area contributed by atoms with E-state index in [-0.39, 0.29) is 11.3 Å². The summed E-state index contributed by atoms with van der Waals surface area (Å²) in [6, 6.07) is 27.6. The Morgan fingerprint density at radius 2 is 1.78 bits per heavy atom. The number of thiophene rings is 1. The van der Waals surface area contributed by atoms with Gasteiger partial charge >= 0.3 is 6.09 Å². The third-order valence-electron chi connectivity index (χ3n) is 9.40. The number of nitrogens with zero attached hydrogens (tertiary/aromatic N) is 6. The lowest BCUT2D eigenvalue weighted by molar-refractivity contribution is -0.115. The summed E-state index contributed by atoms with van der Waals surface area (Å²) in [5.41, 5.74) is 6.60. The van der Waals surface area contributed by atoms with Gasteiger partial charge in [-0.1, -0.05) is 24.3 Å². The van der Waals surface area contributed by atoms with Crippen molar-refractivity contribution in [2.45, 2.75) is 19.3 Å². The minimum absolute atomic E-state index is 0.0414. The number of carbonyl (C=O) groups excluding carboxylic acids is 1. The van der Waals surface area contributed by atoms with Crippen molar-refractivity contribution < 1.29 is 14.7 Å². The van der Waals surface area contributed by atoms with Crippen LogP contribution in [0.15, 0.2) is 103 Å². The fraction of sp³-hybridized carbons (Fsp3) is 0.216. The average Bonchev–Trinajstić information content (AvgIpc) is 3.93. The molecule has 12 heteroatoms. The number of rotatable bonds is 8. The molecule has 3 N–H and O–H groups in total. The van der Waals surface area contributed by atoms with E-state index in [1.54, 1.807) is 22.4 Å². The van der Waals surface area contributed by atoms with Crippen molar-refractivity contribution in [2.24, 2.45) is 5.41 Å². The van der Waals surface area contributed by atoms with E-state index in [2.05, 4.69) is 32.7 Å². The molecule has 49 heavy (non-hydrogen) atoms. The Bertz CT molecular complexity index is 2150. The van der Waals surface area contributed by atoms with Crippen LogP contribution in [0.5, 0.6) is 0 Å². The highest BCUT2D eigenvalue weighted by atomic mass is 32.1. The lowest BCUT2D eigenvalue weighted by atomic mass is 9.86. The predicted molar refractivity (Wildman–Crippen MR) is 192 cm³/mol. The van der Waals surface area contributed by atoms with Crippen LogP contribution in [0.1, 0.15) is 17.7 Å². The SMILES string of the molecule is O=C(Cc1cccs1)Nc1cccc(-c2nc3ccccn3c2-c2ccnc(Nc3ccc(N4CCC5(CCN(C(=O)O)C5)C4)cc3)n2)c1. The van der Waals surface area contributed by atoms with E-state index in [4.69, 9.17) is 9.97 Å². The van der Waals surface area contributed by atoms with Gasteiger partial charge in [0.1, 0.15) is 5.65 Å². The fourth-order valence-electron chi connectivity index (χ4n) is 6.99. The van der Waals surface area contributed by atoms with Gasteiger partial charge in [0.25, 0.3) is 0 Å².